The van der Waals surface area contributed by atoms with E-state index in [2.05, 4.69) is 20.8 Å². The van der Waals surface area contributed by atoms with Gasteiger partial charge in [-0.05, 0) is 49.4 Å². The van der Waals surface area contributed by atoms with Gasteiger partial charge in [-0.25, -0.2) is 4.79 Å². The Balaban J connectivity index is 2.35. The minimum absolute atomic E-state index is 0.0557. The first-order valence-electron chi connectivity index (χ1n) is 8.50. The van der Waals surface area contributed by atoms with Gasteiger partial charge < -0.3 is 9.64 Å². The molecule has 2 bridgehead atoms. The molecular formula is C18H28N2O3. The third-order valence-electron chi connectivity index (χ3n) is 5.45. The van der Waals surface area contributed by atoms with Gasteiger partial charge >= 0.3 is 5.97 Å². The molecule has 0 spiro atoms. The number of ether oxygens (including phenoxy) is 1. The molecule has 0 aromatic heterocycles. The van der Waals surface area contributed by atoms with Crippen LogP contribution < -0.4 is 0 Å². The number of rotatable bonds is 5. The van der Waals surface area contributed by atoms with Crippen molar-refractivity contribution in [3.63, 3.8) is 0 Å². The summed E-state index contributed by atoms with van der Waals surface area (Å²) >= 11 is 0. The van der Waals surface area contributed by atoms with E-state index in [-0.39, 0.29) is 29.6 Å². The van der Waals surface area contributed by atoms with Gasteiger partial charge in [0.1, 0.15) is 12.0 Å². The lowest BCUT2D eigenvalue weighted by Crippen LogP contribution is -2.61. The van der Waals surface area contributed by atoms with Gasteiger partial charge in [-0.1, -0.05) is 20.8 Å². The zero-order chi connectivity index (χ0) is 17.3. The van der Waals surface area contributed by atoms with E-state index in [1.807, 2.05) is 6.07 Å². The van der Waals surface area contributed by atoms with Crippen molar-refractivity contribution < 1.29 is 14.3 Å². The molecule has 2 rings (SSSR count). The van der Waals surface area contributed by atoms with Crippen LogP contribution in [0.3, 0.4) is 0 Å². The number of methoxy groups -OCH3 is 1. The van der Waals surface area contributed by atoms with Crippen molar-refractivity contribution >= 4 is 11.9 Å². The Labute approximate surface area is 139 Å². The second kappa shape index (κ2) is 6.51. The molecule has 0 N–H and O–H groups in total. The SMILES string of the molecule is COC(=O)C1(N(CCC(C)(C)C)C(=O)CC#N)CC2CCC1C2. The average molecular weight is 320 g/mol. The molecule has 0 saturated heterocycles. The smallest absolute Gasteiger partial charge is 0.332 e. The van der Waals surface area contributed by atoms with Crippen LogP contribution in [0.2, 0.25) is 0 Å². The summed E-state index contributed by atoms with van der Waals surface area (Å²) in [6, 6.07) is 1.94. The third-order valence-corrected chi connectivity index (χ3v) is 5.45. The molecule has 5 nitrogen and oxygen atoms in total. The van der Waals surface area contributed by atoms with E-state index in [9.17, 15) is 9.59 Å². The fourth-order valence-electron chi connectivity index (χ4n) is 4.33. The molecule has 0 aliphatic heterocycles. The fraction of sp³-hybridized carbons (Fsp3) is 0.833. The van der Waals surface area contributed by atoms with Crippen molar-refractivity contribution in [2.45, 2.75) is 64.8 Å². The van der Waals surface area contributed by atoms with Crippen LogP contribution in [-0.4, -0.2) is 36.0 Å². The van der Waals surface area contributed by atoms with Crippen LogP contribution in [0, 0.1) is 28.6 Å². The summed E-state index contributed by atoms with van der Waals surface area (Å²) in [5.74, 6) is 0.119. The highest BCUT2D eigenvalue weighted by molar-refractivity contribution is 5.89. The summed E-state index contributed by atoms with van der Waals surface area (Å²) in [5, 5.41) is 8.95. The fourth-order valence-corrected chi connectivity index (χ4v) is 4.33. The van der Waals surface area contributed by atoms with Gasteiger partial charge in [-0.2, -0.15) is 5.26 Å². The van der Waals surface area contributed by atoms with Gasteiger partial charge in [0.15, 0.2) is 0 Å². The second-order valence-corrected chi connectivity index (χ2v) is 8.19. The first-order valence-corrected chi connectivity index (χ1v) is 8.50. The summed E-state index contributed by atoms with van der Waals surface area (Å²) < 4.78 is 5.12. The van der Waals surface area contributed by atoms with E-state index in [1.165, 1.54) is 7.11 Å². The van der Waals surface area contributed by atoms with Gasteiger partial charge in [0.2, 0.25) is 5.91 Å². The van der Waals surface area contributed by atoms with Gasteiger partial charge in [0.25, 0.3) is 0 Å². The van der Waals surface area contributed by atoms with Gasteiger partial charge in [-0.3, -0.25) is 4.79 Å². The Hall–Kier alpha value is -1.57. The molecule has 2 saturated carbocycles. The van der Waals surface area contributed by atoms with Gasteiger partial charge in [-0.15, -0.1) is 0 Å². The molecule has 2 fully saturated rings. The number of carbonyl (C=O) groups excluding carboxylic acids is 2. The monoisotopic (exact) mass is 320 g/mol. The number of nitriles is 1. The van der Waals surface area contributed by atoms with E-state index in [4.69, 9.17) is 10.00 Å². The normalized spacial score (nSPS) is 29.2. The lowest BCUT2D eigenvalue weighted by Gasteiger charge is -2.45. The van der Waals surface area contributed by atoms with Crippen LogP contribution in [-0.2, 0) is 14.3 Å². The van der Waals surface area contributed by atoms with Crippen LogP contribution in [0.4, 0.5) is 0 Å². The van der Waals surface area contributed by atoms with Crippen LogP contribution in [0.15, 0.2) is 0 Å². The Morgan fingerprint density at radius 3 is 2.48 bits per heavy atom. The quantitative estimate of drug-likeness (QED) is 0.730. The second-order valence-electron chi connectivity index (χ2n) is 8.19. The molecule has 2 aliphatic rings. The summed E-state index contributed by atoms with van der Waals surface area (Å²) in [5.41, 5.74) is -0.795. The molecule has 23 heavy (non-hydrogen) atoms. The summed E-state index contributed by atoms with van der Waals surface area (Å²) in [6.45, 7) is 6.85. The maximum absolute atomic E-state index is 12.7. The predicted octanol–water partition coefficient (Wildman–Crippen LogP) is 2.90. The molecule has 0 heterocycles. The molecule has 3 unspecified atom stereocenters. The lowest BCUT2D eigenvalue weighted by molar-refractivity contribution is -0.166. The van der Waals surface area contributed by atoms with Crippen LogP contribution in [0.1, 0.15) is 59.3 Å². The first kappa shape index (κ1) is 17.8. The Morgan fingerprint density at radius 2 is 2.04 bits per heavy atom. The highest BCUT2D eigenvalue weighted by Gasteiger charge is 2.60. The number of hydrogen-bond acceptors (Lipinski definition) is 4. The molecule has 3 atom stereocenters. The molecule has 0 aromatic rings. The van der Waals surface area contributed by atoms with E-state index >= 15 is 0 Å². The number of esters is 1. The van der Waals surface area contributed by atoms with E-state index in [1.54, 1.807) is 4.90 Å². The van der Waals surface area contributed by atoms with Crippen molar-refractivity contribution in [1.82, 2.24) is 4.90 Å². The molecule has 5 heteroatoms. The highest BCUT2D eigenvalue weighted by atomic mass is 16.5. The highest BCUT2D eigenvalue weighted by Crippen LogP contribution is 2.54. The third kappa shape index (κ3) is 3.36. The maximum Gasteiger partial charge on any atom is 0.332 e. The summed E-state index contributed by atoms with van der Waals surface area (Å²) in [7, 11) is 1.40. The average Bonchev–Trinajstić information content (AvgIpc) is 3.07. The molecule has 1 amide bonds. The number of hydrogen-bond donors (Lipinski definition) is 0. The van der Waals surface area contributed by atoms with Crippen molar-refractivity contribution in [2.75, 3.05) is 13.7 Å². The van der Waals surface area contributed by atoms with Crippen molar-refractivity contribution in [2.24, 2.45) is 17.3 Å². The zero-order valence-electron chi connectivity index (χ0n) is 14.7. The molecule has 2 aliphatic carbocycles. The van der Waals surface area contributed by atoms with Crippen LogP contribution in [0.25, 0.3) is 0 Å². The topological polar surface area (TPSA) is 70.4 Å². The van der Waals surface area contributed by atoms with E-state index < -0.39 is 5.54 Å². The Bertz CT molecular complexity index is 517. The van der Waals surface area contributed by atoms with Crippen molar-refractivity contribution in [1.29, 1.82) is 5.26 Å². The van der Waals surface area contributed by atoms with Crippen molar-refractivity contribution in [3.8, 4) is 6.07 Å². The summed E-state index contributed by atoms with van der Waals surface area (Å²) in [4.78, 5) is 27.0. The number of nitrogens with zero attached hydrogens (tertiary/aromatic N) is 2. The Kier molecular flexibility index (Phi) is 5.03. The van der Waals surface area contributed by atoms with Gasteiger partial charge in [0.05, 0.1) is 13.2 Å². The first-order chi connectivity index (χ1) is 10.7. The minimum atomic E-state index is -0.850. The van der Waals surface area contributed by atoms with Crippen molar-refractivity contribution in [3.05, 3.63) is 0 Å². The van der Waals surface area contributed by atoms with Gasteiger partial charge in [0, 0.05) is 6.54 Å². The molecule has 0 radical (unpaired) electrons. The van der Waals surface area contributed by atoms with Crippen LogP contribution in [0.5, 0.6) is 0 Å². The lowest BCUT2D eigenvalue weighted by atomic mass is 9.78. The van der Waals surface area contributed by atoms with E-state index in [0.717, 1.165) is 25.7 Å². The maximum atomic E-state index is 12.7. The number of carbonyl (C=O) groups is 2. The predicted molar refractivity (Wildman–Crippen MR) is 86.2 cm³/mol. The van der Waals surface area contributed by atoms with E-state index in [0.29, 0.717) is 18.9 Å². The Morgan fingerprint density at radius 1 is 1.35 bits per heavy atom. The number of amides is 1. The zero-order valence-corrected chi connectivity index (χ0v) is 14.7. The van der Waals surface area contributed by atoms with Crippen LogP contribution >= 0.6 is 0 Å². The molecular weight excluding hydrogens is 292 g/mol. The standard InChI is InChI=1S/C18H28N2O3/c1-17(2,3)8-10-20(15(21)7-9-19)18(16(22)23-4)12-13-5-6-14(18)11-13/h13-14H,5-8,10-12H2,1-4H3. The number of fused-ring (bicyclic) bond motifs is 2. The largest absolute Gasteiger partial charge is 0.467 e. The summed E-state index contributed by atoms with van der Waals surface area (Å²) in [6.07, 6.45) is 4.38. The minimum Gasteiger partial charge on any atom is -0.467 e. The molecule has 0 aromatic carbocycles. The molecule has 128 valence electrons.